The molecule has 0 saturated heterocycles. The minimum Gasteiger partial charge on any atom is -0.300 e. The highest BCUT2D eigenvalue weighted by molar-refractivity contribution is 7.99. The molecular weight excluding hydrogens is 228 g/mol. The smallest absolute Gasteiger partial charge is 0.103 e. The van der Waals surface area contributed by atoms with Crippen LogP contribution >= 0.6 is 11.8 Å². The highest BCUT2D eigenvalue weighted by Gasteiger charge is 2.21. The second-order valence-corrected chi connectivity index (χ2v) is 6.02. The molecule has 0 aromatic carbocycles. The second-order valence-electron chi connectivity index (χ2n) is 4.79. The summed E-state index contributed by atoms with van der Waals surface area (Å²) in [7, 11) is 0. The minimum atomic E-state index is -0.319. The van der Waals surface area contributed by atoms with Crippen molar-refractivity contribution in [2.24, 2.45) is 0 Å². The number of nitrogens with zero attached hydrogens (tertiary/aromatic N) is 1. The lowest BCUT2D eigenvalue weighted by molar-refractivity contribution is 0.415. The van der Waals surface area contributed by atoms with E-state index >= 15 is 0 Å². The Hall–Kier alpha value is -0.200. The summed E-state index contributed by atoms with van der Waals surface area (Å²) in [5, 5.41) is 12.5. The third-order valence-corrected chi connectivity index (χ3v) is 4.02. The first-order chi connectivity index (χ1) is 8.18. The highest BCUT2D eigenvalue weighted by Crippen LogP contribution is 2.15. The van der Waals surface area contributed by atoms with Gasteiger partial charge in [0.25, 0.3) is 0 Å². The van der Waals surface area contributed by atoms with Gasteiger partial charge < -0.3 is 0 Å². The largest absolute Gasteiger partial charge is 0.300 e. The zero-order valence-corrected chi connectivity index (χ0v) is 12.5. The molecule has 0 fully saturated rings. The third kappa shape index (κ3) is 9.50. The van der Waals surface area contributed by atoms with E-state index in [4.69, 9.17) is 5.26 Å². The number of unbranched alkanes of at least 4 members (excludes halogenated alkanes) is 2. The second kappa shape index (κ2) is 10.9. The monoisotopic (exact) mass is 256 g/mol. The van der Waals surface area contributed by atoms with E-state index in [9.17, 15) is 0 Å². The fourth-order valence-electron chi connectivity index (χ4n) is 1.67. The average Bonchev–Trinajstić information content (AvgIpc) is 2.35. The molecule has 0 amide bonds. The molecule has 17 heavy (non-hydrogen) atoms. The van der Waals surface area contributed by atoms with Gasteiger partial charge in [-0.05, 0) is 50.7 Å². The van der Waals surface area contributed by atoms with E-state index in [0.717, 1.165) is 25.8 Å². The molecule has 0 aliphatic carbocycles. The van der Waals surface area contributed by atoms with E-state index in [1.54, 1.807) is 0 Å². The molecule has 2 nitrogen and oxygen atoms in total. The molecule has 1 N–H and O–H groups in total. The fraction of sp³-hybridized carbons (Fsp3) is 0.929. The van der Waals surface area contributed by atoms with Crippen LogP contribution < -0.4 is 5.32 Å². The predicted octanol–water partition coefficient (Wildman–Crippen LogP) is 3.97. The summed E-state index contributed by atoms with van der Waals surface area (Å²) in [6, 6.07) is 2.40. The normalized spacial score (nSPS) is 14.2. The SMILES string of the molecule is CCCCCSCCCC(C)(C#N)NCCC. The van der Waals surface area contributed by atoms with Crippen LogP contribution in [0.2, 0.25) is 0 Å². The number of hydrogen-bond acceptors (Lipinski definition) is 3. The maximum absolute atomic E-state index is 9.17. The van der Waals surface area contributed by atoms with E-state index in [1.807, 2.05) is 18.7 Å². The Morgan fingerprint density at radius 2 is 1.82 bits per heavy atom. The van der Waals surface area contributed by atoms with Crippen LogP contribution in [0.25, 0.3) is 0 Å². The lowest BCUT2D eigenvalue weighted by atomic mass is 9.98. The average molecular weight is 256 g/mol. The van der Waals surface area contributed by atoms with Crippen molar-refractivity contribution in [3.8, 4) is 6.07 Å². The Bertz CT molecular complexity index is 213. The van der Waals surface area contributed by atoms with Gasteiger partial charge in [-0.1, -0.05) is 26.7 Å². The van der Waals surface area contributed by atoms with Gasteiger partial charge in [-0.2, -0.15) is 17.0 Å². The van der Waals surface area contributed by atoms with Gasteiger partial charge >= 0.3 is 0 Å². The van der Waals surface area contributed by atoms with Crippen molar-refractivity contribution in [2.45, 2.75) is 64.8 Å². The van der Waals surface area contributed by atoms with Gasteiger partial charge in [-0.3, -0.25) is 5.32 Å². The van der Waals surface area contributed by atoms with Crippen molar-refractivity contribution in [3.05, 3.63) is 0 Å². The van der Waals surface area contributed by atoms with E-state index in [2.05, 4.69) is 25.2 Å². The first kappa shape index (κ1) is 16.8. The summed E-state index contributed by atoms with van der Waals surface area (Å²) in [5.41, 5.74) is -0.319. The number of thioether (sulfide) groups is 1. The molecule has 0 aliphatic heterocycles. The first-order valence-electron chi connectivity index (χ1n) is 6.92. The van der Waals surface area contributed by atoms with Crippen LogP contribution in [0.15, 0.2) is 0 Å². The summed E-state index contributed by atoms with van der Waals surface area (Å²) >= 11 is 2.03. The third-order valence-electron chi connectivity index (χ3n) is 2.87. The standard InChI is InChI=1S/C14H28N2S/c1-4-6-7-11-17-12-8-9-14(3,13-15)16-10-5-2/h16H,4-12H2,1-3H3. The Morgan fingerprint density at radius 3 is 2.41 bits per heavy atom. The Labute approximate surface area is 112 Å². The minimum absolute atomic E-state index is 0.319. The van der Waals surface area contributed by atoms with Crippen molar-refractivity contribution in [2.75, 3.05) is 18.1 Å². The Morgan fingerprint density at radius 1 is 1.12 bits per heavy atom. The van der Waals surface area contributed by atoms with Gasteiger partial charge in [0.2, 0.25) is 0 Å². The number of rotatable bonds is 11. The van der Waals surface area contributed by atoms with Crippen LogP contribution in [0.4, 0.5) is 0 Å². The van der Waals surface area contributed by atoms with Crippen molar-refractivity contribution in [3.63, 3.8) is 0 Å². The van der Waals surface area contributed by atoms with Crippen molar-refractivity contribution in [1.29, 1.82) is 5.26 Å². The molecule has 0 radical (unpaired) electrons. The molecule has 1 unspecified atom stereocenters. The molecular formula is C14H28N2S. The molecule has 0 heterocycles. The Kier molecular flexibility index (Phi) is 10.8. The van der Waals surface area contributed by atoms with Crippen LogP contribution in [0, 0.1) is 11.3 Å². The molecule has 1 atom stereocenters. The lowest BCUT2D eigenvalue weighted by Crippen LogP contribution is -2.41. The lowest BCUT2D eigenvalue weighted by Gasteiger charge is -2.22. The molecule has 100 valence electrons. The van der Waals surface area contributed by atoms with Crippen LogP contribution in [-0.4, -0.2) is 23.6 Å². The van der Waals surface area contributed by atoms with E-state index in [1.165, 1.54) is 30.8 Å². The van der Waals surface area contributed by atoms with Gasteiger partial charge in [0.1, 0.15) is 5.54 Å². The number of hydrogen-bond donors (Lipinski definition) is 1. The maximum Gasteiger partial charge on any atom is 0.103 e. The van der Waals surface area contributed by atoms with Crippen molar-refractivity contribution in [1.82, 2.24) is 5.32 Å². The molecule has 0 aromatic heterocycles. The van der Waals surface area contributed by atoms with Crippen molar-refractivity contribution < 1.29 is 0 Å². The molecule has 0 rings (SSSR count). The van der Waals surface area contributed by atoms with Crippen LogP contribution in [0.3, 0.4) is 0 Å². The summed E-state index contributed by atoms with van der Waals surface area (Å²) in [6.45, 7) is 7.33. The summed E-state index contributed by atoms with van der Waals surface area (Å²) < 4.78 is 0. The number of nitrogens with one attached hydrogen (secondary N) is 1. The highest BCUT2D eigenvalue weighted by atomic mass is 32.2. The number of nitriles is 1. The van der Waals surface area contributed by atoms with Crippen LogP contribution in [0.5, 0.6) is 0 Å². The zero-order chi connectivity index (χ0) is 13.0. The van der Waals surface area contributed by atoms with Crippen LogP contribution in [-0.2, 0) is 0 Å². The zero-order valence-electron chi connectivity index (χ0n) is 11.7. The summed E-state index contributed by atoms with van der Waals surface area (Å²) in [4.78, 5) is 0. The molecule has 0 bridgehead atoms. The predicted molar refractivity (Wildman–Crippen MR) is 78.4 cm³/mol. The maximum atomic E-state index is 9.17. The van der Waals surface area contributed by atoms with E-state index in [-0.39, 0.29) is 5.54 Å². The topological polar surface area (TPSA) is 35.8 Å². The molecule has 3 heteroatoms. The van der Waals surface area contributed by atoms with Crippen LogP contribution in [0.1, 0.15) is 59.3 Å². The van der Waals surface area contributed by atoms with Crippen molar-refractivity contribution >= 4 is 11.8 Å². The van der Waals surface area contributed by atoms with E-state index in [0.29, 0.717) is 0 Å². The summed E-state index contributed by atoms with van der Waals surface area (Å²) in [6.07, 6.45) is 7.17. The molecule has 0 aliphatic rings. The van der Waals surface area contributed by atoms with Gasteiger partial charge in [-0.25, -0.2) is 0 Å². The van der Waals surface area contributed by atoms with Gasteiger partial charge in [0.05, 0.1) is 6.07 Å². The van der Waals surface area contributed by atoms with Gasteiger partial charge in [0.15, 0.2) is 0 Å². The Balaban J connectivity index is 3.53. The van der Waals surface area contributed by atoms with Gasteiger partial charge in [-0.15, -0.1) is 0 Å². The van der Waals surface area contributed by atoms with E-state index < -0.39 is 0 Å². The molecule has 0 aromatic rings. The molecule has 0 saturated carbocycles. The fourth-order valence-corrected chi connectivity index (χ4v) is 2.63. The quantitative estimate of drug-likeness (QED) is 0.568. The van der Waals surface area contributed by atoms with Gasteiger partial charge in [0, 0.05) is 0 Å². The summed E-state index contributed by atoms with van der Waals surface area (Å²) in [5.74, 6) is 2.47. The first-order valence-corrected chi connectivity index (χ1v) is 8.08. The molecule has 0 spiro atoms.